The third-order valence-electron chi connectivity index (χ3n) is 5.01. The van der Waals surface area contributed by atoms with E-state index in [0.29, 0.717) is 17.8 Å². The zero-order chi connectivity index (χ0) is 17.8. The molecule has 1 atom stereocenters. The first-order chi connectivity index (χ1) is 12.8. The average Bonchev–Trinajstić information content (AvgIpc) is 3.37. The Morgan fingerprint density at radius 2 is 2.12 bits per heavy atom. The molecular weight excluding hydrogens is 326 g/mol. The number of aryl methyl sites for hydroxylation is 1. The Morgan fingerprint density at radius 1 is 1.23 bits per heavy atom. The van der Waals surface area contributed by atoms with Gasteiger partial charge in [0.25, 0.3) is 11.8 Å². The van der Waals surface area contributed by atoms with E-state index in [2.05, 4.69) is 37.7 Å². The molecule has 2 aromatic heterocycles. The van der Waals surface area contributed by atoms with Gasteiger partial charge in [-0.25, -0.2) is 4.98 Å². The summed E-state index contributed by atoms with van der Waals surface area (Å²) in [5, 5.41) is 4.22. The lowest BCUT2D eigenvalue weighted by molar-refractivity contribution is 0.419. The van der Waals surface area contributed by atoms with E-state index < -0.39 is 0 Å². The molecule has 3 aromatic rings. The van der Waals surface area contributed by atoms with E-state index in [-0.39, 0.29) is 0 Å². The van der Waals surface area contributed by atoms with Crippen molar-refractivity contribution in [3.05, 3.63) is 48.5 Å². The number of piperidine rings is 1. The Balaban J connectivity index is 1.49. The van der Waals surface area contributed by atoms with Crippen molar-refractivity contribution in [3.8, 4) is 11.5 Å². The first-order valence-corrected chi connectivity index (χ1v) is 9.50. The molecule has 26 heavy (non-hydrogen) atoms. The maximum Gasteiger partial charge on any atom is 0.266 e. The van der Waals surface area contributed by atoms with Crippen LogP contribution in [0.3, 0.4) is 0 Å². The fourth-order valence-corrected chi connectivity index (χ4v) is 3.61. The topological polar surface area (TPSA) is 60.0 Å². The molecule has 0 amide bonds. The number of imidazole rings is 1. The Hall–Kier alpha value is -2.63. The summed E-state index contributed by atoms with van der Waals surface area (Å²) in [5.74, 6) is 2.86. The maximum atomic E-state index is 5.48. The summed E-state index contributed by atoms with van der Waals surface area (Å²) in [6.45, 7) is 5.11. The minimum atomic E-state index is 0.411. The van der Waals surface area contributed by atoms with Crippen LogP contribution in [0.25, 0.3) is 11.5 Å². The Kier molecular flexibility index (Phi) is 5.00. The van der Waals surface area contributed by atoms with Crippen molar-refractivity contribution in [2.45, 2.75) is 45.1 Å². The van der Waals surface area contributed by atoms with Gasteiger partial charge in [0.1, 0.15) is 5.82 Å². The second kappa shape index (κ2) is 7.72. The SMILES string of the molecule is CCCCn1ccnc1[C@@H]1CCCN(c2noc(-c3ccccc3)n2)C1. The van der Waals surface area contributed by atoms with Gasteiger partial charge in [0.15, 0.2) is 0 Å². The molecular formula is C20H25N5O. The van der Waals surface area contributed by atoms with E-state index in [0.717, 1.165) is 38.0 Å². The van der Waals surface area contributed by atoms with E-state index >= 15 is 0 Å². The van der Waals surface area contributed by atoms with Crippen LogP contribution >= 0.6 is 0 Å². The molecule has 3 heterocycles. The molecule has 0 aliphatic carbocycles. The minimum Gasteiger partial charge on any atom is -0.337 e. The molecule has 0 N–H and O–H groups in total. The second-order valence-corrected chi connectivity index (χ2v) is 6.88. The molecule has 0 radical (unpaired) electrons. The summed E-state index contributed by atoms with van der Waals surface area (Å²) >= 11 is 0. The van der Waals surface area contributed by atoms with Gasteiger partial charge in [-0.05, 0) is 36.6 Å². The first kappa shape index (κ1) is 16.8. The third-order valence-corrected chi connectivity index (χ3v) is 5.01. The van der Waals surface area contributed by atoms with Gasteiger partial charge in [0, 0.05) is 43.5 Å². The van der Waals surface area contributed by atoms with Gasteiger partial charge in [-0.1, -0.05) is 31.5 Å². The van der Waals surface area contributed by atoms with Crippen LogP contribution in [-0.4, -0.2) is 32.8 Å². The van der Waals surface area contributed by atoms with Gasteiger partial charge < -0.3 is 14.0 Å². The van der Waals surface area contributed by atoms with Crippen LogP contribution in [0.1, 0.15) is 44.3 Å². The highest BCUT2D eigenvalue weighted by Gasteiger charge is 2.27. The Morgan fingerprint density at radius 3 is 2.96 bits per heavy atom. The fraction of sp³-hybridized carbons (Fsp3) is 0.450. The number of rotatable bonds is 6. The summed E-state index contributed by atoms with van der Waals surface area (Å²) in [5.41, 5.74) is 0.954. The monoisotopic (exact) mass is 351 g/mol. The van der Waals surface area contributed by atoms with Crippen LogP contribution in [0.15, 0.2) is 47.2 Å². The average molecular weight is 351 g/mol. The standard InChI is InChI=1S/C20H25N5O/c1-2-3-12-24-14-11-21-18(24)17-10-7-13-25(15-17)20-22-19(26-23-20)16-8-5-4-6-9-16/h4-6,8-9,11,14,17H,2-3,7,10,12-13,15H2,1H3/t17-/m1/s1. The Bertz CT molecular complexity index is 826. The predicted molar refractivity (Wildman–Crippen MR) is 101 cm³/mol. The largest absolute Gasteiger partial charge is 0.337 e. The molecule has 0 unspecified atom stereocenters. The van der Waals surface area contributed by atoms with E-state index in [1.165, 1.54) is 18.7 Å². The number of nitrogens with zero attached hydrogens (tertiary/aromatic N) is 5. The van der Waals surface area contributed by atoms with Crippen LogP contribution in [0.2, 0.25) is 0 Å². The Labute approximate surface area is 153 Å². The molecule has 1 fully saturated rings. The smallest absolute Gasteiger partial charge is 0.266 e. The minimum absolute atomic E-state index is 0.411. The lowest BCUT2D eigenvalue weighted by Gasteiger charge is -2.31. The predicted octanol–water partition coefficient (Wildman–Crippen LogP) is 4.12. The third kappa shape index (κ3) is 3.49. The van der Waals surface area contributed by atoms with Gasteiger partial charge in [-0.2, -0.15) is 4.98 Å². The number of aromatic nitrogens is 4. The summed E-state index contributed by atoms with van der Waals surface area (Å²) in [6.07, 6.45) is 8.67. The number of anilines is 1. The van der Waals surface area contributed by atoms with Crippen molar-refractivity contribution in [3.63, 3.8) is 0 Å². The zero-order valence-corrected chi connectivity index (χ0v) is 15.2. The quantitative estimate of drug-likeness (QED) is 0.669. The van der Waals surface area contributed by atoms with Crippen molar-refractivity contribution in [1.29, 1.82) is 0 Å². The molecule has 4 rings (SSSR count). The van der Waals surface area contributed by atoms with Gasteiger partial charge in [-0.15, -0.1) is 0 Å². The van der Waals surface area contributed by atoms with Crippen molar-refractivity contribution < 1.29 is 4.52 Å². The van der Waals surface area contributed by atoms with Gasteiger partial charge in [0.2, 0.25) is 0 Å². The maximum absolute atomic E-state index is 5.48. The molecule has 136 valence electrons. The van der Waals surface area contributed by atoms with Crippen LogP contribution in [-0.2, 0) is 6.54 Å². The van der Waals surface area contributed by atoms with Gasteiger partial charge >= 0.3 is 0 Å². The highest BCUT2D eigenvalue weighted by Crippen LogP contribution is 2.29. The molecule has 0 saturated carbocycles. The van der Waals surface area contributed by atoms with Crippen molar-refractivity contribution in [2.24, 2.45) is 0 Å². The van der Waals surface area contributed by atoms with E-state index in [4.69, 9.17) is 4.52 Å². The lowest BCUT2D eigenvalue weighted by atomic mass is 9.97. The van der Waals surface area contributed by atoms with Crippen molar-refractivity contribution >= 4 is 5.95 Å². The highest BCUT2D eigenvalue weighted by atomic mass is 16.5. The number of hydrogen-bond donors (Lipinski definition) is 0. The van der Waals surface area contributed by atoms with Crippen LogP contribution in [0.4, 0.5) is 5.95 Å². The second-order valence-electron chi connectivity index (χ2n) is 6.88. The van der Waals surface area contributed by atoms with Gasteiger partial charge in [0.05, 0.1) is 0 Å². The molecule has 1 saturated heterocycles. The summed E-state index contributed by atoms with van der Waals surface area (Å²) < 4.78 is 7.79. The van der Waals surface area contributed by atoms with E-state index in [9.17, 15) is 0 Å². The molecule has 0 bridgehead atoms. The van der Waals surface area contributed by atoms with E-state index in [1.807, 2.05) is 36.5 Å². The summed E-state index contributed by atoms with van der Waals surface area (Å²) in [6, 6.07) is 9.91. The van der Waals surface area contributed by atoms with Crippen LogP contribution in [0, 0.1) is 0 Å². The molecule has 6 nitrogen and oxygen atoms in total. The molecule has 6 heteroatoms. The normalized spacial score (nSPS) is 17.6. The molecule has 1 aliphatic rings. The lowest BCUT2D eigenvalue weighted by Crippen LogP contribution is -2.36. The van der Waals surface area contributed by atoms with Crippen molar-refractivity contribution in [2.75, 3.05) is 18.0 Å². The highest BCUT2D eigenvalue weighted by molar-refractivity contribution is 5.54. The number of benzene rings is 1. The number of unbranched alkanes of at least 4 members (excludes halogenated alkanes) is 1. The van der Waals surface area contributed by atoms with Crippen LogP contribution < -0.4 is 4.90 Å². The zero-order valence-electron chi connectivity index (χ0n) is 15.2. The first-order valence-electron chi connectivity index (χ1n) is 9.50. The summed E-state index contributed by atoms with van der Waals surface area (Å²) in [7, 11) is 0. The molecule has 1 aromatic carbocycles. The number of hydrogen-bond acceptors (Lipinski definition) is 5. The van der Waals surface area contributed by atoms with Crippen molar-refractivity contribution in [1.82, 2.24) is 19.7 Å². The fourth-order valence-electron chi connectivity index (χ4n) is 3.61. The molecule has 0 spiro atoms. The van der Waals surface area contributed by atoms with Crippen LogP contribution in [0.5, 0.6) is 0 Å². The summed E-state index contributed by atoms with van der Waals surface area (Å²) in [4.78, 5) is 11.5. The van der Waals surface area contributed by atoms with Gasteiger partial charge in [-0.3, -0.25) is 0 Å². The molecule has 1 aliphatic heterocycles. The van der Waals surface area contributed by atoms with E-state index in [1.54, 1.807) is 0 Å².